The molecule has 4 heteroatoms. The number of hydrogen-bond donors (Lipinski definition) is 1. The molecular formula is C17H22N2O2. The van der Waals surface area contributed by atoms with Crippen LogP contribution in [-0.4, -0.2) is 29.8 Å². The summed E-state index contributed by atoms with van der Waals surface area (Å²) in [6, 6.07) is 7.75. The van der Waals surface area contributed by atoms with Crippen molar-refractivity contribution in [2.45, 2.75) is 44.7 Å². The zero-order valence-corrected chi connectivity index (χ0v) is 12.5. The molecule has 1 atom stereocenters. The fourth-order valence-electron chi connectivity index (χ4n) is 3.56. The average Bonchev–Trinajstić information content (AvgIpc) is 3.06. The van der Waals surface area contributed by atoms with Gasteiger partial charge in [-0.05, 0) is 24.0 Å². The van der Waals surface area contributed by atoms with Gasteiger partial charge in [-0.25, -0.2) is 0 Å². The summed E-state index contributed by atoms with van der Waals surface area (Å²) in [7, 11) is 1.64. The van der Waals surface area contributed by atoms with E-state index in [9.17, 15) is 9.59 Å². The summed E-state index contributed by atoms with van der Waals surface area (Å²) >= 11 is 0. The smallest absolute Gasteiger partial charge is 0.242 e. The second-order valence-electron chi connectivity index (χ2n) is 6.05. The van der Waals surface area contributed by atoms with Crippen molar-refractivity contribution in [3.63, 3.8) is 0 Å². The molecule has 0 spiro atoms. The number of likely N-dealkylation sites (N-methyl/N-ethyl adjacent to an activating group) is 1. The minimum Gasteiger partial charge on any atom is -0.357 e. The molecule has 1 N–H and O–H groups in total. The van der Waals surface area contributed by atoms with Crippen molar-refractivity contribution in [2.75, 3.05) is 7.05 Å². The van der Waals surface area contributed by atoms with Gasteiger partial charge in [0.1, 0.15) is 6.04 Å². The Balaban J connectivity index is 1.88. The van der Waals surface area contributed by atoms with Crippen molar-refractivity contribution in [3.05, 3.63) is 35.4 Å². The summed E-state index contributed by atoms with van der Waals surface area (Å²) in [6.45, 7) is 0.559. The first-order valence-corrected chi connectivity index (χ1v) is 7.79. The summed E-state index contributed by atoms with van der Waals surface area (Å²) < 4.78 is 0. The lowest BCUT2D eigenvalue weighted by Gasteiger charge is -2.37. The maximum absolute atomic E-state index is 12.8. The Morgan fingerprint density at radius 2 is 1.81 bits per heavy atom. The third-order valence-corrected chi connectivity index (χ3v) is 4.79. The molecule has 1 saturated carbocycles. The number of hydrogen-bond acceptors (Lipinski definition) is 2. The van der Waals surface area contributed by atoms with Gasteiger partial charge in [-0.1, -0.05) is 37.1 Å². The van der Waals surface area contributed by atoms with Crippen LogP contribution in [0, 0.1) is 5.92 Å². The molecule has 3 rings (SSSR count). The van der Waals surface area contributed by atoms with Gasteiger partial charge >= 0.3 is 0 Å². The molecule has 1 fully saturated rings. The van der Waals surface area contributed by atoms with E-state index in [1.54, 1.807) is 11.9 Å². The third-order valence-electron chi connectivity index (χ3n) is 4.79. The molecule has 0 bridgehead atoms. The van der Waals surface area contributed by atoms with Gasteiger partial charge < -0.3 is 10.2 Å². The van der Waals surface area contributed by atoms with Crippen LogP contribution >= 0.6 is 0 Å². The van der Waals surface area contributed by atoms with E-state index in [1.807, 2.05) is 12.1 Å². The molecule has 1 heterocycles. The molecule has 112 valence electrons. The Morgan fingerprint density at radius 3 is 2.48 bits per heavy atom. The minimum atomic E-state index is -0.363. The van der Waals surface area contributed by atoms with Gasteiger partial charge in [0.05, 0.1) is 0 Å². The lowest BCUT2D eigenvalue weighted by atomic mass is 9.92. The second kappa shape index (κ2) is 5.88. The van der Waals surface area contributed by atoms with Gasteiger partial charge in [0, 0.05) is 25.9 Å². The van der Waals surface area contributed by atoms with Crippen molar-refractivity contribution in [1.82, 2.24) is 10.2 Å². The second-order valence-corrected chi connectivity index (χ2v) is 6.05. The van der Waals surface area contributed by atoms with E-state index in [-0.39, 0.29) is 23.8 Å². The van der Waals surface area contributed by atoms with Crippen LogP contribution in [0.2, 0.25) is 0 Å². The first-order valence-electron chi connectivity index (χ1n) is 7.79. The van der Waals surface area contributed by atoms with Crippen LogP contribution < -0.4 is 5.32 Å². The van der Waals surface area contributed by atoms with Crippen molar-refractivity contribution < 1.29 is 9.59 Å². The number of benzene rings is 1. The monoisotopic (exact) mass is 286 g/mol. The molecule has 21 heavy (non-hydrogen) atoms. The molecule has 1 aromatic carbocycles. The molecule has 0 aromatic heterocycles. The SMILES string of the molecule is CNC(=O)C1Cc2ccccc2CN1C(=O)C1CCCC1. The highest BCUT2D eigenvalue weighted by Gasteiger charge is 2.37. The van der Waals surface area contributed by atoms with E-state index in [0.29, 0.717) is 13.0 Å². The van der Waals surface area contributed by atoms with Crippen LogP contribution in [0.5, 0.6) is 0 Å². The lowest BCUT2D eigenvalue weighted by Crippen LogP contribution is -2.53. The zero-order valence-electron chi connectivity index (χ0n) is 12.5. The Bertz CT molecular complexity index is 549. The molecule has 0 radical (unpaired) electrons. The maximum atomic E-state index is 12.8. The highest BCUT2D eigenvalue weighted by atomic mass is 16.2. The van der Waals surface area contributed by atoms with Gasteiger partial charge in [0.2, 0.25) is 11.8 Å². The topological polar surface area (TPSA) is 49.4 Å². The summed E-state index contributed by atoms with van der Waals surface area (Å²) in [5, 5.41) is 2.71. The van der Waals surface area contributed by atoms with E-state index in [4.69, 9.17) is 0 Å². The first-order chi connectivity index (χ1) is 10.2. The Hall–Kier alpha value is -1.84. The largest absolute Gasteiger partial charge is 0.357 e. The van der Waals surface area contributed by atoms with Gasteiger partial charge in [-0.15, -0.1) is 0 Å². The van der Waals surface area contributed by atoms with Crippen LogP contribution in [0.4, 0.5) is 0 Å². The number of nitrogens with one attached hydrogen (secondary N) is 1. The average molecular weight is 286 g/mol. The normalized spacial score (nSPS) is 22.0. The Kier molecular flexibility index (Phi) is 3.95. The van der Waals surface area contributed by atoms with E-state index < -0.39 is 0 Å². The van der Waals surface area contributed by atoms with E-state index in [1.165, 1.54) is 11.1 Å². The number of carbonyl (C=O) groups excluding carboxylic acids is 2. The quantitative estimate of drug-likeness (QED) is 0.902. The van der Waals surface area contributed by atoms with E-state index >= 15 is 0 Å². The highest BCUT2D eigenvalue weighted by molar-refractivity contribution is 5.89. The zero-order chi connectivity index (χ0) is 14.8. The van der Waals surface area contributed by atoms with Gasteiger partial charge in [0.15, 0.2) is 0 Å². The van der Waals surface area contributed by atoms with Gasteiger partial charge in [-0.2, -0.15) is 0 Å². The van der Waals surface area contributed by atoms with Gasteiger partial charge in [-0.3, -0.25) is 9.59 Å². The Labute approximate surface area is 125 Å². The van der Waals surface area contributed by atoms with Crippen LogP contribution in [0.1, 0.15) is 36.8 Å². The first kappa shape index (κ1) is 14.1. The summed E-state index contributed by atoms with van der Waals surface area (Å²) in [4.78, 5) is 26.8. The van der Waals surface area contributed by atoms with Crippen LogP contribution in [0.15, 0.2) is 24.3 Å². The molecule has 1 unspecified atom stereocenters. The molecule has 2 aliphatic rings. The van der Waals surface area contributed by atoms with Crippen molar-refractivity contribution in [1.29, 1.82) is 0 Å². The fourth-order valence-corrected chi connectivity index (χ4v) is 3.56. The molecule has 4 nitrogen and oxygen atoms in total. The van der Waals surface area contributed by atoms with E-state index in [0.717, 1.165) is 25.7 Å². The predicted octanol–water partition coefficient (Wildman–Crippen LogP) is 1.88. The summed E-state index contributed by atoms with van der Waals surface area (Å²) in [5.74, 6) is 0.217. The molecule has 2 amide bonds. The van der Waals surface area contributed by atoms with Crippen LogP contribution in [-0.2, 0) is 22.6 Å². The standard InChI is InChI=1S/C17H22N2O2/c1-18-16(20)15-10-13-8-4-5-9-14(13)11-19(15)17(21)12-6-2-3-7-12/h4-5,8-9,12,15H,2-3,6-7,10-11H2,1H3,(H,18,20). The van der Waals surface area contributed by atoms with Crippen molar-refractivity contribution in [3.8, 4) is 0 Å². The minimum absolute atomic E-state index is 0.0594. The predicted molar refractivity (Wildman–Crippen MR) is 80.5 cm³/mol. The van der Waals surface area contributed by atoms with Crippen molar-refractivity contribution >= 4 is 11.8 Å². The number of carbonyl (C=O) groups is 2. The van der Waals surface area contributed by atoms with Crippen LogP contribution in [0.3, 0.4) is 0 Å². The van der Waals surface area contributed by atoms with Crippen LogP contribution in [0.25, 0.3) is 0 Å². The fraction of sp³-hybridized carbons (Fsp3) is 0.529. The summed E-state index contributed by atoms with van der Waals surface area (Å²) in [6.07, 6.45) is 4.82. The number of nitrogens with zero attached hydrogens (tertiary/aromatic N) is 1. The highest BCUT2D eigenvalue weighted by Crippen LogP contribution is 2.31. The molecule has 1 aliphatic heterocycles. The maximum Gasteiger partial charge on any atom is 0.242 e. The van der Waals surface area contributed by atoms with Gasteiger partial charge in [0.25, 0.3) is 0 Å². The lowest BCUT2D eigenvalue weighted by molar-refractivity contribution is -0.144. The number of fused-ring (bicyclic) bond motifs is 1. The number of rotatable bonds is 2. The molecule has 1 aromatic rings. The van der Waals surface area contributed by atoms with E-state index in [2.05, 4.69) is 17.4 Å². The van der Waals surface area contributed by atoms with Crippen molar-refractivity contribution in [2.24, 2.45) is 5.92 Å². The third kappa shape index (κ3) is 2.67. The molecule has 0 saturated heterocycles. The number of amides is 2. The molecular weight excluding hydrogens is 264 g/mol. The molecule has 1 aliphatic carbocycles. The Morgan fingerprint density at radius 1 is 1.14 bits per heavy atom. The summed E-state index contributed by atoms with van der Waals surface area (Å²) in [5.41, 5.74) is 2.35.